The zero-order chi connectivity index (χ0) is 21.6. The number of carbonyl (C=O) groups is 1. The van der Waals surface area contributed by atoms with Crippen LogP contribution in [0.25, 0.3) is 10.9 Å². The zero-order valence-corrected chi connectivity index (χ0v) is 17.3. The molecule has 0 spiro atoms. The third-order valence-electron chi connectivity index (χ3n) is 5.07. The van der Waals surface area contributed by atoms with Crippen LogP contribution in [0, 0.1) is 6.92 Å². The van der Waals surface area contributed by atoms with Crippen LogP contribution < -0.4 is 16.2 Å². The van der Waals surface area contributed by atoms with E-state index in [1.54, 1.807) is 19.3 Å². The molecule has 31 heavy (non-hydrogen) atoms. The first-order valence-corrected chi connectivity index (χ1v) is 10.1. The molecular formula is C23H30N6O2. The molecule has 0 aliphatic rings. The molecule has 0 fully saturated rings. The van der Waals surface area contributed by atoms with Crippen molar-refractivity contribution in [3.8, 4) is 0 Å². The third kappa shape index (κ3) is 4.98. The van der Waals surface area contributed by atoms with Crippen molar-refractivity contribution in [1.29, 1.82) is 0 Å². The van der Waals surface area contributed by atoms with Gasteiger partial charge in [0.2, 0.25) is 5.91 Å². The quantitative estimate of drug-likeness (QED) is 0.405. The number of aryl methyl sites for hydroxylation is 1. The summed E-state index contributed by atoms with van der Waals surface area (Å²) in [5.41, 5.74) is 3.19. The van der Waals surface area contributed by atoms with E-state index >= 15 is 0 Å². The van der Waals surface area contributed by atoms with E-state index in [2.05, 4.69) is 25.6 Å². The van der Waals surface area contributed by atoms with Crippen molar-refractivity contribution in [3.63, 3.8) is 0 Å². The van der Waals surface area contributed by atoms with E-state index in [4.69, 9.17) is 0 Å². The lowest BCUT2D eigenvalue weighted by atomic mass is 10.1. The second-order valence-corrected chi connectivity index (χ2v) is 7.32. The fourth-order valence-electron chi connectivity index (χ4n) is 3.34. The van der Waals surface area contributed by atoms with Crippen molar-refractivity contribution in [3.05, 3.63) is 88.4 Å². The van der Waals surface area contributed by atoms with Gasteiger partial charge in [-0.15, -0.1) is 0 Å². The van der Waals surface area contributed by atoms with Crippen molar-refractivity contribution in [1.82, 2.24) is 24.8 Å². The Morgan fingerprint density at radius 3 is 2.84 bits per heavy atom. The van der Waals surface area contributed by atoms with Gasteiger partial charge in [-0.25, -0.2) is 4.98 Å². The minimum absolute atomic E-state index is 0. The topological polar surface area (TPSA) is 105 Å². The van der Waals surface area contributed by atoms with E-state index in [1.807, 2.05) is 48.7 Å². The standard InChI is InChI=1S/C23H24N6O2.3H2/c1-16-12-28-22(25-9-7-17-5-3-2-4-6-17)23(31)29(16)15-21(30)27-13-19-11-18-8-10-24-20(18)14-26-19;;;/h2-6,8,10-12,14,24H,7,9,13,15H2,1H3,(H,25,28)(H,27,30);3*1H. The summed E-state index contributed by atoms with van der Waals surface area (Å²) >= 11 is 0. The lowest BCUT2D eigenvalue weighted by Crippen LogP contribution is -2.34. The van der Waals surface area contributed by atoms with Crippen LogP contribution >= 0.6 is 0 Å². The summed E-state index contributed by atoms with van der Waals surface area (Å²) in [7, 11) is 0. The van der Waals surface area contributed by atoms with Gasteiger partial charge in [0.05, 0.1) is 24.0 Å². The first-order chi connectivity index (χ1) is 15.1. The van der Waals surface area contributed by atoms with Gasteiger partial charge in [0.1, 0.15) is 6.54 Å². The summed E-state index contributed by atoms with van der Waals surface area (Å²) in [6.07, 6.45) is 5.95. The van der Waals surface area contributed by atoms with Crippen LogP contribution in [-0.4, -0.2) is 32.0 Å². The molecule has 0 aliphatic heterocycles. The molecule has 1 amide bonds. The molecule has 164 valence electrons. The van der Waals surface area contributed by atoms with Crippen LogP contribution in [0.15, 0.2) is 65.8 Å². The van der Waals surface area contributed by atoms with E-state index in [0.717, 1.165) is 23.0 Å². The molecule has 0 aliphatic carbocycles. The Bertz CT molecular complexity index is 1260. The van der Waals surface area contributed by atoms with Gasteiger partial charge in [-0.2, -0.15) is 0 Å². The average molecular weight is 423 g/mol. The smallest absolute Gasteiger partial charge is 0.293 e. The maximum atomic E-state index is 12.8. The van der Waals surface area contributed by atoms with Gasteiger partial charge in [0.25, 0.3) is 5.56 Å². The van der Waals surface area contributed by atoms with Crippen molar-refractivity contribution < 1.29 is 9.07 Å². The molecule has 4 aromatic rings. The van der Waals surface area contributed by atoms with Crippen LogP contribution in [0.5, 0.6) is 0 Å². The lowest BCUT2D eigenvalue weighted by Gasteiger charge is -2.12. The first-order valence-electron chi connectivity index (χ1n) is 10.1. The molecule has 0 saturated heterocycles. The summed E-state index contributed by atoms with van der Waals surface area (Å²) in [6, 6.07) is 13.9. The average Bonchev–Trinajstić information content (AvgIpc) is 3.25. The van der Waals surface area contributed by atoms with Crippen molar-refractivity contribution >= 4 is 22.6 Å². The maximum absolute atomic E-state index is 12.8. The summed E-state index contributed by atoms with van der Waals surface area (Å²) in [5.74, 6) is -0.0171. The largest absolute Gasteiger partial charge is 0.365 e. The van der Waals surface area contributed by atoms with E-state index < -0.39 is 0 Å². The number of nitrogens with one attached hydrogen (secondary N) is 3. The summed E-state index contributed by atoms with van der Waals surface area (Å²) in [5, 5.41) is 6.95. The van der Waals surface area contributed by atoms with E-state index in [-0.39, 0.29) is 28.1 Å². The number of anilines is 1. The Morgan fingerprint density at radius 1 is 1.16 bits per heavy atom. The van der Waals surface area contributed by atoms with E-state index in [0.29, 0.717) is 18.8 Å². The second-order valence-electron chi connectivity index (χ2n) is 7.32. The molecule has 8 heteroatoms. The molecule has 8 nitrogen and oxygen atoms in total. The number of pyridine rings is 1. The molecule has 0 saturated carbocycles. The van der Waals surface area contributed by atoms with Gasteiger partial charge in [-0.1, -0.05) is 30.3 Å². The molecule has 3 aromatic heterocycles. The molecule has 0 atom stereocenters. The van der Waals surface area contributed by atoms with Crippen molar-refractivity contribution in [2.24, 2.45) is 0 Å². The van der Waals surface area contributed by atoms with Gasteiger partial charge in [-0.05, 0) is 31.0 Å². The Hall–Kier alpha value is -3.94. The minimum atomic E-state index is -0.310. The number of hydrogen-bond acceptors (Lipinski definition) is 5. The highest BCUT2D eigenvalue weighted by Crippen LogP contribution is 2.11. The van der Waals surface area contributed by atoms with Gasteiger partial charge in [0.15, 0.2) is 5.82 Å². The molecular weight excluding hydrogens is 392 g/mol. The molecule has 1 aromatic carbocycles. The Kier molecular flexibility index (Phi) is 6.07. The Balaban J connectivity index is 0.00000193. The normalized spacial score (nSPS) is 10.9. The highest BCUT2D eigenvalue weighted by atomic mass is 16.2. The summed E-state index contributed by atoms with van der Waals surface area (Å²) in [4.78, 5) is 36.9. The Labute approximate surface area is 183 Å². The van der Waals surface area contributed by atoms with E-state index in [1.165, 1.54) is 10.1 Å². The zero-order valence-electron chi connectivity index (χ0n) is 17.3. The molecule has 3 N–H and O–H groups in total. The van der Waals surface area contributed by atoms with Crippen molar-refractivity contribution in [2.45, 2.75) is 26.4 Å². The maximum Gasteiger partial charge on any atom is 0.293 e. The molecule has 3 heterocycles. The number of H-pyrrole nitrogens is 1. The summed E-state index contributed by atoms with van der Waals surface area (Å²) in [6.45, 7) is 2.56. The van der Waals surface area contributed by atoms with Gasteiger partial charge in [0, 0.05) is 34.3 Å². The molecule has 0 bridgehead atoms. The number of rotatable bonds is 8. The van der Waals surface area contributed by atoms with Gasteiger partial charge in [-0.3, -0.25) is 19.1 Å². The second kappa shape index (κ2) is 9.25. The molecule has 0 radical (unpaired) electrons. The third-order valence-corrected chi connectivity index (χ3v) is 5.07. The number of aromatic amines is 1. The highest BCUT2D eigenvalue weighted by Gasteiger charge is 2.12. The monoisotopic (exact) mass is 422 g/mol. The Morgan fingerprint density at radius 2 is 2.00 bits per heavy atom. The number of benzene rings is 1. The molecule has 4 rings (SSSR count). The minimum Gasteiger partial charge on any atom is -0.365 e. The van der Waals surface area contributed by atoms with Crippen molar-refractivity contribution in [2.75, 3.05) is 11.9 Å². The fraction of sp³-hybridized carbons (Fsp3) is 0.217. The number of hydrogen-bond donors (Lipinski definition) is 3. The number of carbonyl (C=O) groups excluding carboxylic acids is 1. The number of aromatic nitrogens is 4. The van der Waals surface area contributed by atoms with Crippen LogP contribution in [-0.2, 0) is 24.3 Å². The number of nitrogens with zero attached hydrogens (tertiary/aromatic N) is 3. The number of fused-ring (bicyclic) bond motifs is 1. The lowest BCUT2D eigenvalue weighted by molar-refractivity contribution is -0.121. The van der Waals surface area contributed by atoms with Crippen LogP contribution in [0.1, 0.15) is 21.2 Å². The van der Waals surface area contributed by atoms with Crippen LogP contribution in [0.3, 0.4) is 0 Å². The number of amides is 1. The van der Waals surface area contributed by atoms with Gasteiger partial charge >= 0.3 is 0 Å². The SMILES string of the molecule is Cc1cnc(NCCc2ccccc2)c(=O)n1CC(=O)NCc1cc2cc[nH]c2cn1.[HH].[HH].[HH]. The fourth-order valence-corrected chi connectivity index (χ4v) is 3.34. The van der Waals surface area contributed by atoms with E-state index in [9.17, 15) is 9.59 Å². The summed E-state index contributed by atoms with van der Waals surface area (Å²) < 4.78 is 1.43. The predicted molar refractivity (Wildman–Crippen MR) is 126 cm³/mol. The van der Waals surface area contributed by atoms with Gasteiger partial charge < -0.3 is 15.6 Å². The first kappa shape index (κ1) is 20.3. The predicted octanol–water partition coefficient (Wildman–Crippen LogP) is 3.14. The van der Waals surface area contributed by atoms with Crippen LogP contribution in [0.2, 0.25) is 0 Å². The van der Waals surface area contributed by atoms with Crippen LogP contribution in [0.4, 0.5) is 5.82 Å². The molecule has 0 unspecified atom stereocenters. The highest BCUT2D eigenvalue weighted by molar-refractivity contribution is 5.79.